The highest BCUT2D eigenvalue weighted by molar-refractivity contribution is 9.10. The molecule has 1 saturated carbocycles. The third-order valence-electron chi connectivity index (χ3n) is 4.10. The van der Waals surface area contributed by atoms with Gasteiger partial charge in [-0.2, -0.15) is 0 Å². The Labute approximate surface area is 123 Å². The van der Waals surface area contributed by atoms with Crippen molar-refractivity contribution < 1.29 is 5.11 Å². The van der Waals surface area contributed by atoms with Crippen molar-refractivity contribution in [3.8, 4) is 0 Å². The Bertz CT molecular complexity index is 418. The van der Waals surface area contributed by atoms with E-state index < -0.39 is 5.60 Å². The molecule has 19 heavy (non-hydrogen) atoms. The van der Waals surface area contributed by atoms with Crippen molar-refractivity contribution in [2.45, 2.75) is 37.3 Å². The fraction of sp³-hybridized carbons (Fsp3) is 0.600. The second-order valence-corrected chi connectivity index (χ2v) is 6.47. The predicted molar refractivity (Wildman–Crippen MR) is 82.0 cm³/mol. The molecule has 0 heterocycles. The zero-order valence-corrected chi connectivity index (χ0v) is 13.1. The van der Waals surface area contributed by atoms with Gasteiger partial charge >= 0.3 is 0 Å². The van der Waals surface area contributed by atoms with E-state index in [0.29, 0.717) is 13.1 Å². The number of benzene rings is 1. The van der Waals surface area contributed by atoms with Gasteiger partial charge in [-0.25, -0.2) is 0 Å². The third-order valence-corrected chi connectivity index (χ3v) is 4.82. The number of aliphatic hydroxyl groups is 1. The molecular weight excluding hydrogens is 304 g/mol. The maximum absolute atomic E-state index is 10.5. The molecule has 1 atom stereocenters. The first kappa shape index (κ1) is 15.0. The van der Waals surface area contributed by atoms with Crippen molar-refractivity contribution in [1.29, 1.82) is 0 Å². The Hall–Kier alpha value is -0.420. The molecule has 1 fully saturated rings. The molecule has 1 aliphatic carbocycles. The Balaban J connectivity index is 2.11. The van der Waals surface area contributed by atoms with Crippen LogP contribution in [-0.2, 0) is 0 Å². The summed E-state index contributed by atoms with van der Waals surface area (Å²) in [5, 5.41) is 10.5. The van der Waals surface area contributed by atoms with Crippen molar-refractivity contribution >= 4 is 15.9 Å². The average Bonchev–Trinajstić information content (AvgIpc) is 2.79. The highest BCUT2D eigenvalue weighted by Crippen LogP contribution is 2.33. The van der Waals surface area contributed by atoms with Gasteiger partial charge in [0.15, 0.2) is 0 Å². The fourth-order valence-electron chi connectivity index (χ4n) is 3.06. The minimum absolute atomic E-state index is 0.139. The molecule has 0 amide bonds. The van der Waals surface area contributed by atoms with Gasteiger partial charge in [-0.05, 0) is 31.5 Å². The van der Waals surface area contributed by atoms with Crippen molar-refractivity contribution in [1.82, 2.24) is 4.90 Å². The summed E-state index contributed by atoms with van der Waals surface area (Å²) in [6.45, 7) is 1.24. The van der Waals surface area contributed by atoms with Crippen LogP contribution >= 0.6 is 15.9 Å². The Morgan fingerprint density at radius 1 is 1.37 bits per heavy atom. The van der Waals surface area contributed by atoms with E-state index in [4.69, 9.17) is 5.73 Å². The predicted octanol–water partition coefficient (Wildman–Crippen LogP) is 2.69. The van der Waals surface area contributed by atoms with E-state index in [2.05, 4.69) is 26.9 Å². The second kappa shape index (κ2) is 6.35. The van der Waals surface area contributed by atoms with Crippen molar-refractivity contribution in [2.75, 3.05) is 20.1 Å². The summed E-state index contributed by atoms with van der Waals surface area (Å²) in [6.07, 6.45) is 4.08. The first-order valence-corrected chi connectivity index (χ1v) is 7.72. The zero-order valence-electron chi connectivity index (χ0n) is 11.5. The molecule has 3 nitrogen and oxygen atoms in total. The highest BCUT2D eigenvalue weighted by atomic mass is 79.9. The number of nitrogens with two attached hydrogens (primary N) is 1. The molecule has 1 aliphatic rings. The van der Waals surface area contributed by atoms with Crippen LogP contribution in [0, 0.1) is 0 Å². The van der Waals surface area contributed by atoms with Gasteiger partial charge in [0.05, 0.1) is 5.60 Å². The Kier molecular flexibility index (Phi) is 5.01. The van der Waals surface area contributed by atoms with E-state index in [0.717, 1.165) is 30.2 Å². The molecule has 0 spiro atoms. The summed E-state index contributed by atoms with van der Waals surface area (Å²) in [5.74, 6) is 0. The van der Waals surface area contributed by atoms with E-state index >= 15 is 0 Å². The van der Waals surface area contributed by atoms with Crippen LogP contribution < -0.4 is 5.73 Å². The van der Waals surface area contributed by atoms with E-state index in [9.17, 15) is 5.11 Å². The summed E-state index contributed by atoms with van der Waals surface area (Å²) < 4.78 is 1.08. The average molecular weight is 327 g/mol. The number of hydrogen-bond donors (Lipinski definition) is 2. The maximum atomic E-state index is 10.5. The fourth-order valence-corrected chi connectivity index (χ4v) is 3.60. The van der Waals surface area contributed by atoms with Crippen LogP contribution in [-0.4, -0.2) is 35.7 Å². The first-order valence-electron chi connectivity index (χ1n) is 6.93. The molecule has 1 aromatic rings. The maximum Gasteiger partial charge on any atom is 0.0774 e. The number of halogens is 1. The van der Waals surface area contributed by atoms with Gasteiger partial charge in [-0.1, -0.05) is 47.0 Å². The van der Waals surface area contributed by atoms with Crippen molar-refractivity contribution in [2.24, 2.45) is 5.73 Å². The van der Waals surface area contributed by atoms with Gasteiger partial charge in [-0.3, -0.25) is 4.90 Å². The lowest BCUT2D eigenvalue weighted by molar-refractivity contribution is 0.00585. The molecule has 0 aromatic heterocycles. The molecule has 0 saturated heterocycles. The first-order chi connectivity index (χ1) is 9.06. The Morgan fingerprint density at radius 3 is 2.58 bits per heavy atom. The van der Waals surface area contributed by atoms with Crippen LogP contribution in [0.4, 0.5) is 0 Å². The van der Waals surface area contributed by atoms with E-state index in [1.54, 1.807) is 0 Å². The van der Waals surface area contributed by atoms with Gasteiger partial charge in [0.2, 0.25) is 0 Å². The van der Waals surface area contributed by atoms with Gasteiger partial charge in [-0.15, -0.1) is 0 Å². The van der Waals surface area contributed by atoms with Crippen LogP contribution in [0.15, 0.2) is 28.7 Å². The van der Waals surface area contributed by atoms with Crippen molar-refractivity contribution in [3.05, 3.63) is 34.3 Å². The molecule has 0 bridgehead atoms. The number of rotatable bonds is 5. The standard InChI is InChI=1S/C15H23BrN2O/c1-18(11-15(19)8-4-5-9-15)14(10-17)12-6-2-3-7-13(12)16/h2-3,6-7,14,19H,4-5,8-11,17H2,1H3. The second-order valence-electron chi connectivity index (χ2n) is 5.62. The molecule has 1 aromatic carbocycles. The van der Waals surface area contributed by atoms with Gasteiger partial charge in [0.1, 0.15) is 0 Å². The number of likely N-dealkylation sites (N-methyl/N-ethyl adjacent to an activating group) is 1. The number of nitrogens with zero attached hydrogens (tertiary/aromatic N) is 1. The zero-order chi connectivity index (χ0) is 13.9. The lowest BCUT2D eigenvalue weighted by atomic mass is 9.99. The smallest absolute Gasteiger partial charge is 0.0774 e. The third kappa shape index (κ3) is 3.57. The van der Waals surface area contributed by atoms with Crippen LogP contribution in [0.5, 0.6) is 0 Å². The topological polar surface area (TPSA) is 49.5 Å². The minimum Gasteiger partial charge on any atom is -0.389 e. The molecule has 4 heteroatoms. The van der Waals surface area contributed by atoms with Crippen LogP contribution in [0.2, 0.25) is 0 Å². The quantitative estimate of drug-likeness (QED) is 0.874. The normalized spacial score (nSPS) is 19.8. The SMILES string of the molecule is CN(CC1(O)CCCC1)C(CN)c1ccccc1Br. The largest absolute Gasteiger partial charge is 0.389 e. The molecule has 0 radical (unpaired) electrons. The molecule has 0 aliphatic heterocycles. The van der Waals surface area contributed by atoms with Gasteiger partial charge in [0.25, 0.3) is 0 Å². The minimum atomic E-state index is -0.524. The van der Waals surface area contributed by atoms with Crippen LogP contribution in [0.3, 0.4) is 0 Å². The summed E-state index contributed by atoms with van der Waals surface area (Å²) in [7, 11) is 2.05. The molecular formula is C15H23BrN2O. The summed E-state index contributed by atoms with van der Waals surface area (Å²) in [5.41, 5.74) is 6.61. The lowest BCUT2D eigenvalue weighted by Gasteiger charge is -2.34. The van der Waals surface area contributed by atoms with Crippen LogP contribution in [0.1, 0.15) is 37.3 Å². The Morgan fingerprint density at radius 2 is 2.00 bits per heavy atom. The van der Waals surface area contributed by atoms with E-state index in [-0.39, 0.29) is 6.04 Å². The molecule has 3 N–H and O–H groups in total. The summed E-state index contributed by atoms with van der Waals surface area (Å²) >= 11 is 3.59. The summed E-state index contributed by atoms with van der Waals surface area (Å²) in [4.78, 5) is 2.19. The van der Waals surface area contributed by atoms with Crippen LogP contribution in [0.25, 0.3) is 0 Å². The molecule has 1 unspecified atom stereocenters. The van der Waals surface area contributed by atoms with E-state index in [1.807, 2.05) is 25.2 Å². The highest BCUT2D eigenvalue weighted by Gasteiger charge is 2.34. The van der Waals surface area contributed by atoms with Gasteiger partial charge < -0.3 is 10.8 Å². The van der Waals surface area contributed by atoms with E-state index in [1.165, 1.54) is 5.56 Å². The molecule has 106 valence electrons. The van der Waals surface area contributed by atoms with Gasteiger partial charge in [0, 0.05) is 23.6 Å². The lowest BCUT2D eigenvalue weighted by Crippen LogP contribution is -2.42. The monoisotopic (exact) mass is 326 g/mol. The molecule has 2 rings (SSSR count). The van der Waals surface area contributed by atoms with Crippen molar-refractivity contribution in [3.63, 3.8) is 0 Å². The summed E-state index contributed by atoms with van der Waals surface area (Å²) in [6, 6.07) is 8.31. The number of hydrogen-bond acceptors (Lipinski definition) is 3.